The zero-order valence-electron chi connectivity index (χ0n) is 9.56. The summed E-state index contributed by atoms with van der Waals surface area (Å²) in [6.45, 7) is 0.878. The first kappa shape index (κ1) is 12.0. The number of aromatic nitrogens is 2. The number of nitrogens with two attached hydrogens (primary N) is 1. The summed E-state index contributed by atoms with van der Waals surface area (Å²) >= 11 is 6.07. The molecule has 2 rings (SSSR count). The minimum absolute atomic E-state index is 0.405. The van der Waals surface area contributed by atoms with Crippen LogP contribution in [0.15, 0.2) is 30.5 Å². The average molecular weight is 252 g/mol. The van der Waals surface area contributed by atoms with Crippen LogP contribution in [0.2, 0.25) is 5.02 Å². The van der Waals surface area contributed by atoms with E-state index in [1.165, 1.54) is 0 Å². The second kappa shape index (κ2) is 5.21. The van der Waals surface area contributed by atoms with Crippen LogP contribution in [-0.2, 0) is 20.2 Å². The quantitative estimate of drug-likeness (QED) is 0.906. The lowest BCUT2D eigenvalue weighted by Crippen LogP contribution is -2.00. The maximum absolute atomic E-state index is 6.07. The van der Waals surface area contributed by atoms with E-state index >= 15 is 0 Å². The molecule has 1 heterocycles. The Morgan fingerprint density at radius 1 is 1.41 bits per heavy atom. The van der Waals surface area contributed by atoms with Crippen molar-refractivity contribution in [2.75, 3.05) is 0 Å². The second-order valence-electron chi connectivity index (χ2n) is 3.74. The molecule has 90 valence electrons. The van der Waals surface area contributed by atoms with E-state index in [0.29, 0.717) is 23.9 Å². The summed E-state index contributed by atoms with van der Waals surface area (Å²) in [6, 6.07) is 7.45. The van der Waals surface area contributed by atoms with Crippen LogP contribution < -0.4 is 10.5 Å². The molecule has 17 heavy (non-hydrogen) atoms. The maximum atomic E-state index is 6.07. The lowest BCUT2D eigenvalue weighted by atomic mass is 10.2. The van der Waals surface area contributed by atoms with Gasteiger partial charge in [-0.1, -0.05) is 17.7 Å². The zero-order valence-corrected chi connectivity index (χ0v) is 10.3. The number of aryl methyl sites for hydroxylation is 1. The maximum Gasteiger partial charge on any atom is 0.138 e. The van der Waals surface area contributed by atoms with Gasteiger partial charge in [0.1, 0.15) is 12.4 Å². The van der Waals surface area contributed by atoms with Crippen LogP contribution >= 0.6 is 11.6 Å². The first-order chi connectivity index (χ1) is 8.19. The highest BCUT2D eigenvalue weighted by Gasteiger charge is 2.04. The normalized spacial score (nSPS) is 10.5. The van der Waals surface area contributed by atoms with Gasteiger partial charge in [0.25, 0.3) is 0 Å². The van der Waals surface area contributed by atoms with Crippen molar-refractivity contribution in [3.05, 3.63) is 46.7 Å². The van der Waals surface area contributed by atoms with Crippen molar-refractivity contribution in [1.82, 2.24) is 9.78 Å². The van der Waals surface area contributed by atoms with Gasteiger partial charge in [0, 0.05) is 19.8 Å². The molecule has 1 aromatic heterocycles. The Bertz CT molecular complexity index is 510. The number of hydrogen-bond acceptors (Lipinski definition) is 3. The molecule has 2 aromatic rings. The number of rotatable bonds is 4. The molecule has 0 aliphatic rings. The largest absolute Gasteiger partial charge is 0.486 e. The summed E-state index contributed by atoms with van der Waals surface area (Å²) < 4.78 is 7.32. The Hall–Kier alpha value is -1.52. The number of nitrogens with zero attached hydrogens (tertiary/aromatic N) is 2. The highest BCUT2D eigenvalue weighted by molar-refractivity contribution is 6.32. The van der Waals surface area contributed by atoms with E-state index in [9.17, 15) is 0 Å². The van der Waals surface area contributed by atoms with E-state index < -0.39 is 0 Å². The molecule has 0 radical (unpaired) electrons. The SMILES string of the molecule is Cn1ccc(COc2ccc(CN)cc2Cl)n1. The fourth-order valence-corrected chi connectivity index (χ4v) is 1.74. The van der Waals surface area contributed by atoms with Crippen molar-refractivity contribution in [2.45, 2.75) is 13.2 Å². The highest BCUT2D eigenvalue weighted by Crippen LogP contribution is 2.25. The van der Waals surface area contributed by atoms with E-state index in [1.807, 2.05) is 37.5 Å². The van der Waals surface area contributed by atoms with E-state index in [2.05, 4.69) is 5.10 Å². The van der Waals surface area contributed by atoms with Crippen LogP contribution in [0.5, 0.6) is 5.75 Å². The third kappa shape index (κ3) is 2.99. The standard InChI is InChI=1S/C12H14ClN3O/c1-16-5-4-10(15-16)8-17-12-3-2-9(7-14)6-11(12)13/h2-6H,7-8,14H2,1H3. The van der Waals surface area contributed by atoms with Crippen LogP contribution in [0.25, 0.3) is 0 Å². The molecule has 4 nitrogen and oxygen atoms in total. The zero-order chi connectivity index (χ0) is 12.3. The fourth-order valence-electron chi connectivity index (χ4n) is 1.48. The molecule has 0 bridgehead atoms. The molecule has 0 saturated carbocycles. The summed E-state index contributed by atoms with van der Waals surface area (Å²) in [5, 5.41) is 4.79. The summed E-state index contributed by atoms with van der Waals surface area (Å²) in [5.74, 6) is 0.648. The van der Waals surface area contributed by atoms with Crippen molar-refractivity contribution < 1.29 is 4.74 Å². The van der Waals surface area contributed by atoms with Gasteiger partial charge < -0.3 is 10.5 Å². The molecule has 0 atom stereocenters. The topological polar surface area (TPSA) is 53.1 Å². The van der Waals surface area contributed by atoms with E-state index in [4.69, 9.17) is 22.1 Å². The summed E-state index contributed by atoms with van der Waals surface area (Å²) in [7, 11) is 1.87. The molecule has 5 heteroatoms. The first-order valence-corrected chi connectivity index (χ1v) is 5.66. The van der Waals surface area contributed by atoms with Gasteiger partial charge in [0.15, 0.2) is 0 Å². The fraction of sp³-hybridized carbons (Fsp3) is 0.250. The Morgan fingerprint density at radius 3 is 2.82 bits per heavy atom. The number of halogens is 1. The van der Waals surface area contributed by atoms with Gasteiger partial charge in [-0.15, -0.1) is 0 Å². The van der Waals surface area contributed by atoms with E-state index in [1.54, 1.807) is 4.68 Å². The highest BCUT2D eigenvalue weighted by atomic mass is 35.5. The predicted octanol–water partition coefficient (Wildman–Crippen LogP) is 2.11. The molecule has 0 fully saturated rings. The number of benzene rings is 1. The Labute approximate surface area is 105 Å². The second-order valence-corrected chi connectivity index (χ2v) is 4.15. The Morgan fingerprint density at radius 2 is 2.24 bits per heavy atom. The number of ether oxygens (including phenoxy) is 1. The minimum atomic E-state index is 0.405. The molecule has 0 unspecified atom stereocenters. The van der Waals surface area contributed by atoms with Crippen molar-refractivity contribution in [3.63, 3.8) is 0 Å². The summed E-state index contributed by atoms with van der Waals surface area (Å²) in [5.41, 5.74) is 7.38. The monoisotopic (exact) mass is 251 g/mol. The van der Waals surface area contributed by atoms with Crippen LogP contribution in [0, 0.1) is 0 Å². The molecule has 2 N–H and O–H groups in total. The van der Waals surface area contributed by atoms with Crippen LogP contribution in [0.4, 0.5) is 0 Å². The minimum Gasteiger partial charge on any atom is -0.486 e. The molecule has 1 aromatic carbocycles. The van der Waals surface area contributed by atoms with Gasteiger partial charge in [-0.3, -0.25) is 4.68 Å². The molecular formula is C12H14ClN3O. The van der Waals surface area contributed by atoms with Crippen LogP contribution in [0.3, 0.4) is 0 Å². The van der Waals surface area contributed by atoms with Gasteiger partial charge in [0.2, 0.25) is 0 Å². The van der Waals surface area contributed by atoms with E-state index in [0.717, 1.165) is 11.3 Å². The molecule has 0 spiro atoms. The van der Waals surface area contributed by atoms with Crippen molar-refractivity contribution >= 4 is 11.6 Å². The third-order valence-electron chi connectivity index (χ3n) is 2.38. The molecular weight excluding hydrogens is 238 g/mol. The number of hydrogen-bond donors (Lipinski definition) is 1. The molecule has 0 aliphatic carbocycles. The smallest absolute Gasteiger partial charge is 0.138 e. The van der Waals surface area contributed by atoms with Gasteiger partial charge in [-0.25, -0.2) is 0 Å². The third-order valence-corrected chi connectivity index (χ3v) is 2.67. The molecule has 0 aliphatic heterocycles. The van der Waals surface area contributed by atoms with Crippen LogP contribution in [0.1, 0.15) is 11.3 Å². The van der Waals surface area contributed by atoms with Gasteiger partial charge in [0.05, 0.1) is 10.7 Å². The molecule has 0 saturated heterocycles. The lowest BCUT2D eigenvalue weighted by molar-refractivity contribution is 0.300. The molecule has 0 amide bonds. The first-order valence-electron chi connectivity index (χ1n) is 5.29. The Balaban J connectivity index is 2.04. The Kier molecular flexibility index (Phi) is 3.66. The average Bonchev–Trinajstić information content (AvgIpc) is 2.73. The van der Waals surface area contributed by atoms with Crippen LogP contribution in [-0.4, -0.2) is 9.78 Å². The van der Waals surface area contributed by atoms with Crippen molar-refractivity contribution in [2.24, 2.45) is 12.8 Å². The van der Waals surface area contributed by atoms with Gasteiger partial charge >= 0.3 is 0 Å². The lowest BCUT2D eigenvalue weighted by Gasteiger charge is -2.07. The van der Waals surface area contributed by atoms with Crippen molar-refractivity contribution in [1.29, 1.82) is 0 Å². The van der Waals surface area contributed by atoms with Crippen molar-refractivity contribution in [3.8, 4) is 5.75 Å². The predicted molar refractivity (Wildman–Crippen MR) is 66.9 cm³/mol. The van der Waals surface area contributed by atoms with E-state index in [-0.39, 0.29) is 0 Å². The summed E-state index contributed by atoms with van der Waals surface area (Å²) in [4.78, 5) is 0. The van der Waals surface area contributed by atoms with Gasteiger partial charge in [-0.05, 0) is 23.8 Å². The van der Waals surface area contributed by atoms with Gasteiger partial charge in [-0.2, -0.15) is 5.10 Å². The summed E-state index contributed by atoms with van der Waals surface area (Å²) in [6.07, 6.45) is 1.87.